The van der Waals surface area contributed by atoms with E-state index in [4.69, 9.17) is 4.74 Å². The molecular weight excluding hydrogens is 269 g/mol. The predicted octanol–water partition coefficient (Wildman–Crippen LogP) is 3.68. The van der Waals surface area contributed by atoms with Gasteiger partial charge in [-0.1, -0.05) is 32.3 Å². The molecule has 4 heteroatoms. The second-order valence-corrected chi connectivity index (χ2v) is 5.75. The summed E-state index contributed by atoms with van der Waals surface area (Å²) in [5, 5.41) is 3.07. The Labute approximate surface area is 125 Å². The largest absolute Gasteiger partial charge is 0.484 e. The highest BCUT2D eigenvalue weighted by atomic mass is 19.1. The highest BCUT2D eigenvalue weighted by Gasteiger charge is 2.27. The van der Waals surface area contributed by atoms with Gasteiger partial charge in [0.05, 0.1) is 0 Å². The van der Waals surface area contributed by atoms with E-state index in [0.29, 0.717) is 11.7 Å². The van der Waals surface area contributed by atoms with Crippen molar-refractivity contribution in [2.45, 2.75) is 51.5 Å². The number of halogens is 1. The zero-order valence-electron chi connectivity index (χ0n) is 12.6. The topological polar surface area (TPSA) is 38.3 Å². The van der Waals surface area contributed by atoms with Crippen molar-refractivity contribution >= 4 is 5.91 Å². The molecule has 1 saturated carbocycles. The maximum absolute atomic E-state index is 13.0. The van der Waals surface area contributed by atoms with Crippen LogP contribution in [-0.2, 0) is 4.79 Å². The zero-order chi connectivity index (χ0) is 15.1. The summed E-state index contributed by atoms with van der Waals surface area (Å²) in [7, 11) is 0. The summed E-state index contributed by atoms with van der Waals surface area (Å²) in [5.74, 6) is 0.512. The van der Waals surface area contributed by atoms with E-state index < -0.39 is 0 Å². The Hall–Kier alpha value is -1.58. The summed E-state index contributed by atoms with van der Waals surface area (Å²) in [6.07, 6.45) is 7.04. The van der Waals surface area contributed by atoms with Gasteiger partial charge >= 0.3 is 0 Å². The molecule has 2 unspecified atom stereocenters. The number of hydrogen-bond donors (Lipinski definition) is 1. The fraction of sp³-hybridized carbons (Fsp3) is 0.588. The third-order valence-corrected chi connectivity index (χ3v) is 4.10. The van der Waals surface area contributed by atoms with Crippen LogP contribution in [0, 0.1) is 11.7 Å². The van der Waals surface area contributed by atoms with Gasteiger partial charge in [-0.15, -0.1) is 0 Å². The maximum Gasteiger partial charge on any atom is 0.258 e. The summed E-state index contributed by atoms with van der Waals surface area (Å²) in [4.78, 5) is 11.9. The first-order valence-corrected chi connectivity index (χ1v) is 7.86. The number of unbranched alkanes of at least 4 members (excludes halogenated alkanes) is 1. The van der Waals surface area contributed by atoms with Crippen molar-refractivity contribution < 1.29 is 13.9 Å². The van der Waals surface area contributed by atoms with Crippen LogP contribution in [0.5, 0.6) is 5.75 Å². The van der Waals surface area contributed by atoms with E-state index in [0.717, 1.165) is 6.42 Å². The number of carbonyl (C=O) groups is 1. The number of nitrogens with one attached hydrogen (secondary N) is 1. The maximum atomic E-state index is 13.0. The lowest BCUT2D eigenvalue weighted by molar-refractivity contribution is -0.124. The van der Waals surface area contributed by atoms with E-state index in [-0.39, 0.29) is 24.4 Å². The highest BCUT2D eigenvalue weighted by Crippen LogP contribution is 2.29. The monoisotopic (exact) mass is 293 g/mol. The third-order valence-electron chi connectivity index (χ3n) is 4.10. The normalized spacial score (nSPS) is 21.2. The molecule has 0 aliphatic heterocycles. The molecule has 2 rings (SSSR count). The minimum absolute atomic E-state index is 0.0551. The highest BCUT2D eigenvalue weighted by molar-refractivity contribution is 5.77. The molecular formula is C17H24FNO2. The molecule has 116 valence electrons. The predicted molar refractivity (Wildman–Crippen MR) is 80.7 cm³/mol. The molecule has 0 radical (unpaired) electrons. The van der Waals surface area contributed by atoms with E-state index in [1.165, 1.54) is 44.2 Å². The lowest BCUT2D eigenvalue weighted by atomic mass is 9.97. The third kappa shape index (κ3) is 5.03. The lowest BCUT2D eigenvalue weighted by Crippen LogP contribution is -2.40. The molecule has 21 heavy (non-hydrogen) atoms. The SMILES string of the molecule is CCCCC1CCCC1NC(=O)COc1cccc(F)c1. The molecule has 1 aliphatic carbocycles. The Morgan fingerprint density at radius 3 is 3.05 bits per heavy atom. The minimum atomic E-state index is -0.358. The van der Waals surface area contributed by atoms with Gasteiger partial charge in [0.25, 0.3) is 5.91 Å². The first-order chi connectivity index (χ1) is 10.2. The van der Waals surface area contributed by atoms with Gasteiger partial charge in [-0.3, -0.25) is 4.79 Å². The number of carbonyl (C=O) groups excluding carboxylic acids is 1. The average Bonchev–Trinajstić information content (AvgIpc) is 2.90. The van der Waals surface area contributed by atoms with E-state index in [9.17, 15) is 9.18 Å². The van der Waals surface area contributed by atoms with Gasteiger partial charge in [-0.25, -0.2) is 4.39 Å². The molecule has 1 aromatic rings. The van der Waals surface area contributed by atoms with Crippen LogP contribution in [0.3, 0.4) is 0 Å². The van der Waals surface area contributed by atoms with Crippen LogP contribution in [0.2, 0.25) is 0 Å². The number of ether oxygens (including phenoxy) is 1. The molecule has 1 aromatic carbocycles. The van der Waals surface area contributed by atoms with Crippen LogP contribution in [0.1, 0.15) is 45.4 Å². The summed E-state index contributed by atoms with van der Waals surface area (Å²) in [6.45, 7) is 2.13. The summed E-state index contributed by atoms with van der Waals surface area (Å²) in [6, 6.07) is 6.13. The van der Waals surface area contributed by atoms with Crippen molar-refractivity contribution in [2.75, 3.05) is 6.61 Å². The number of rotatable bonds is 7. The fourth-order valence-electron chi connectivity index (χ4n) is 2.99. The molecule has 1 aliphatic rings. The molecule has 0 bridgehead atoms. The van der Waals surface area contributed by atoms with E-state index in [1.54, 1.807) is 12.1 Å². The first-order valence-electron chi connectivity index (χ1n) is 7.86. The van der Waals surface area contributed by atoms with Gasteiger partial charge in [-0.2, -0.15) is 0 Å². The molecule has 2 atom stereocenters. The van der Waals surface area contributed by atoms with E-state index in [2.05, 4.69) is 12.2 Å². The van der Waals surface area contributed by atoms with Crippen molar-refractivity contribution in [3.8, 4) is 5.75 Å². The molecule has 1 N–H and O–H groups in total. The van der Waals surface area contributed by atoms with Crippen molar-refractivity contribution in [1.29, 1.82) is 0 Å². The molecule has 0 saturated heterocycles. The molecule has 0 spiro atoms. The van der Waals surface area contributed by atoms with Crippen molar-refractivity contribution in [2.24, 2.45) is 5.92 Å². The number of hydrogen-bond acceptors (Lipinski definition) is 2. The summed E-state index contributed by atoms with van der Waals surface area (Å²) in [5.41, 5.74) is 0. The van der Waals surface area contributed by atoms with Crippen LogP contribution < -0.4 is 10.1 Å². The van der Waals surface area contributed by atoms with Crippen LogP contribution >= 0.6 is 0 Å². The Bertz CT molecular complexity index is 464. The van der Waals surface area contributed by atoms with Gasteiger partial charge in [0.1, 0.15) is 11.6 Å². The number of benzene rings is 1. The summed E-state index contributed by atoms with van der Waals surface area (Å²) < 4.78 is 18.3. The van der Waals surface area contributed by atoms with Crippen molar-refractivity contribution in [3.05, 3.63) is 30.1 Å². The van der Waals surface area contributed by atoms with E-state index >= 15 is 0 Å². The van der Waals surface area contributed by atoms with Gasteiger partial charge in [-0.05, 0) is 37.3 Å². The van der Waals surface area contributed by atoms with Gasteiger partial charge in [0, 0.05) is 12.1 Å². The average molecular weight is 293 g/mol. The smallest absolute Gasteiger partial charge is 0.258 e. The van der Waals surface area contributed by atoms with Crippen LogP contribution in [0.15, 0.2) is 24.3 Å². The molecule has 0 aromatic heterocycles. The standard InChI is InChI=1S/C17H24FNO2/c1-2-3-6-13-7-4-10-16(13)19-17(20)12-21-15-9-5-8-14(18)11-15/h5,8-9,11,13,16H,2-4,6-7,10,12H2,1H3,(H,19,20). The Morgan fingerprint density at radius 2 is 2.29 bits per heavy atom. The molecule has 3 nitrogen and oxygen atoms in total. The van der Waals surface area contributed by atoms with Crippen LogP contribution in [0.25, 0.3) is 0 Å². The Kier molecular flexibility index (Phi) is 6.03. The van der Waals surface area contributed by atoms with Gasteiger partial charge in [0.2, 0.25) is 0 Å². The second-order valence-electron chi connectivity index (χ2n) is 5.75. The zero-order valence-corrected chi connectivity index (χ0v) is 12.6. The van der Waals surface area contributed by atoms with Crippen molar-refractivity contribution in [3.63, 3.8) is 0 Å². The first kappa shape index (κ1) is 15.8. The minimum Gasteiger partial charge on any atom is -0.484 e. The quantitative estimate of drug-likeness (QED) is 0.833. The Balaban J connectivity index is 1.76. The van der Waals surface area contributed by atoms with Crippen molar-refractivity contribution in [1.82, 2.24) is 5.32 Å². The fourth-order valence-corrected chi connectivity index (χ4v) is 2.99. The molecule has 0 heterocycles. The Morgan fingerprint density at radius 1 is 1.43 bits per heavy atom. The van der Waals surface area contributed by atoms with Gasteiger partial charge < -0.3 is 10.1 Å². The lowest BCUT2D eigenvalue weighted by Gasteiger charge is -2.21. The molecule has 1 fully saturated rings. The van der Waals surface area contributed by atoms with E-state index in [1.807, 2.05) is 0 Å². The van der Waals surface area contributed by atoms with Crippen LogP contribution in [-0.4, -0.2) is 18.6 Å². The second kappa shape index (κ2) is 8.01. The van der Waals surface area contributed by atoms with Crippen LogP contribution in [0.4, 0.5) is 4.39 Å². The van der Waals surface area contributed by atoms with Gasteiger partial charge in [0.15, 0.2) is 6.61 Å². The molecule has 1 amide bonds. The summed E-state index contributed by atoms with van der Waals surface area (Å²) >= 11 is 0. The number of amides is 1.